The predicted octanol–water partition coefficient (Wildman–Crippen LogP) is -0.476. The monoisotopic (exact) mass is 351 g/mol. The fourth-order valence-corrected chi connectivity index (χ4v) is 1.62. The van der Waals surface area contributed by atoms with Crippen LogP contribution in [0.2, 0.25) is 0 Å². The summed E-state index contributed by atoms with van der Waals surface area (Å²) < 4.78 is 0. The number of nitro groups is 1. The highest BCUT2D eigenvalue weighted by Gasteiger charge is 2.13. The van der Waals surface area contributed by atoms with Crippen molar-refractivity contribution in [2.45, 2.75) is 13.3 Å². The van der Waals surface area contributed by atoms with Crippen LogP contribution in [0.3, 0.4) is 0 Å². The smallest absolute Gasteiger partial charge is 0.329 e. The van der Waals surface area contributed by atoms with E-state index in [9.17, 15) is 24.5 Å². The Bertz CT molecular complexity index is 703. The number of carbonyl (C=O) groups excluding carboxylic acids is 3. The van der Waals surface area contributed by atoms with E-state index in [1.807, 2.05) is 5.43 Å². The van der Waals surface area contributed by atoms with Crippen molar-refractivity contribution in [2.24, 2.45) is 5.10 Å². The van der Waals surface area contributed by atoms with Gasteiger partial charge in [-0.3, -0.25) is 24.5 Å². The summed E-state index contributed by atoms with van der Waals surface area (Å²) >= 11 is 0. The SMILES string of the molecule is C/C(CC(=O)Nc1cccc([N+](=O)[O-])c1)=N/NC(=O)C(=O)NCCO. The molecule has 0 saturated heterocycles. The zero-order chi connectivity index (χ0) is 18.8. The largest absolute Gasteiger partial charge is 0.395 e. The predicted molar refractivity (Wildman–Crippen MR) is 87.7 cm³/mol. The lowest BCUT2D eigenvalue weighted by Gasteiger charge is -2.05. The third-order valence-electron chi connectivity index (χ3n) is 2.71. The number of aliphatic hydroxyl groups excluding tert-OH is 1. The third-order valence-corrected chi connectivity index (χ3v) is 2.71. The first-order valence-corrected chi connectivity index (χ1v) is 7.10. The molecule has 0 unspecified atom stereocenters. The minimum atomic E-state index is -1.04. The Kier molecular flexibility index (Phi) is 7.66. The van der Waals surface area contributed by atoms with E-state index >= 15 is 0 Å². The summed E-state index contributed by atoms with van der Waals surface area (Å²) in [6.45, 7) is 1.08. The number of hydrogen-bond acceptors (Lipinski definition) is 7. The minimum absolute atomic E-state index is 0.0689. The van der Waals surface area contributed by atoms with Crippen LogP contribution in [0.1, 0.15) is 13.3 Å². The number of non-ortho nitro benzene ring substituents is 1. The fraction of sp³-hybridized carbons (Fsp3) is 0.286. The normalized spacial score (nSPS) is 10.7. The first kappa shape index (κ1) is 19.7. The average molecular weight is 351 g/mol. The molecule has 0 fully saturated rings. The number of nitrogens with zero attached hydrogens (tertiary/aromatic N) is 2. The van der Waals surface area contributed by atoms with Gasteiger partial charge in [0, 0.05) is 30.1 Å². The molecule has 25 heavy (non-hydrogen) atoms. The molecule has 11 nitrogen and oxygen atoms in total. The molecule has 0 aliphatic carbocycles. The van der Waals surface area contributed by atoms with Crippen molar-refractivity contribution in [1.82, 2.24) is 10.7 Å². The molecule has 0 heterocycles. The molecule has 3 amide bonds. The van der Waals surface area contributed by atoms with Gasteiger partial charge < -0.3 is 15.7 Å². The molecule has 11 heteroatoms. The van der Waals surface area contributed by atoms with Crippen molar-refractivity contribution in [3.8, 4) is 0 Å². The topological polar surface area (TPSA) is 163 Å². The number of hydrogen-bond donors (Lipinski definition) is 4. The van der Waals surface area contributed by atoms with Crippen molar-refractivity contribution < 1.29 is 24.4 Å². The lowest BCUT2D eigenvalue weighted by molar-refractivity contribution is -0.384. The van der Waals surface area contributed by atoms with Gasteiger partial charge in [-0.25, -0.2) is 5.43 Å². The molecule has 0 radical (unpaired) electrons. The van der Waals surface area contributed by atoms with Crippen LogP contribution in [0.4, 0.5) is 11.4 Å². The van der Waals surface area contributed by atoms with E-state index in [-0.39, 0.29) is 36.7 Å². The quantitative estimate of drug-likeness (QED) is 0.224. The van der Waals surface area contributed by atoms with Gasteiger partial charge in [0.15, 0.2) is 0 Å². The molecule has 1 aromatic carbocycles. The van der Waals surface area contributed by atoms with Crippen molar-refractivity contribution in [3.05, 3.63) is 34.4 Å². The highest BCUT2D eigenvalue weighted by molar-refractivity contribution is 6.35. The first-order chi connectivity index (χ1) is 11.8. The molecular formula is C14H17N5O6. The molecule has 0 spiro atoms. The molecule has 0 aromatic heterocycles. The van der Waals surface area contributed by atoms with Crippen LogP contribution in [-0.4, -0.2) is 46.6 Å². The number of nitrogens with one attached hydrogen (secondary N) is 3. The Balaban J connectivity index is 2.53. The molecular weight excluding hydrogens is 334 g/mol. The van der Waals surface area contributed by atoms with Crippen LogP contribution in [-0.2, 0) is 14.4 Å². The van der Waals surface area contributed by atoms with Gasteiger partial charge in [0.1, 0.15) is 0 Å². The number of rotatable bonds is 7. The zero-order valence-electron chi connectivity index (χ0n) is 13.3. The molecule has 0 aliphatic rings. The van der Waals surface area contributed by atoms with E-state index in [0.717, 1.165) is 0 Å². The fourth-order valence-electron chi connectivity index (χ4n) is 1.62. The van der Waals surface area contributed by atoms with Gasteiger partial charge in [0.05, 0.1) is 18.0 Å². The van der Waals surface area contributed by atoms with E-state index in [1.165, 1.54) is 31.2 Å². The van der Waals surface area contributed by atoms with Gasteiger partial charge >= 0.3 is 11.8 Å². The Hall–Kier alpha value is -3.34. The van der Waals surface area contributed by atoms with Crippen molar-refractivity contribution >= 4 is 34.8 Å². The Morgan fingerprint density at radius 1 is 1.28 bits per heavy atom. The lowest BCUT2D eigenvalue weighted by atomic mass is 10.2. The highest BCUT2D eigenvalue weighted by Crippen LogP contribution is 2.17. The summed E-state index contributed by atoms with van der Waals surface area (Å²) in [6.07, 6.45) is -0.193. The van der Waals surface area contributed by atoms with Crippen LogP contribution in [0.5, 0.6) is 0 Å². The molecule has 4 N–H and O–H groups in total. The lowest BCUT2D eigenvalue weighted by Crippen LogP contribution is -2.39. The summed E-state index contributed by atoms with van der Waals surface area (Å²) in [7, 11) is 0. The summed E-state index contributed by atoms with van der Waals surface area (Å²) in [5, 5.41) is 27.4. The van der Waals surface area contributed by atoms with E-state index < -0.39 is 22.6 Å². The van der Waals surface area contributed by atoms with E-state index in [0.29, 0.717) is 0 Å². The second kappa shape index (κ2) is 9.72. The van der Waals surface area contributed by atoms with Crippen molar-refractivity contribution in [2.75, 3.05) is 18.5 Å². The number of hydrazone groups is 1. The summed E-state index contributed by atoms with van der Waals surface area (Å²) in [5.41, 5.74) is 2.27. The number of nitro benzene ring substituents is 1. The Labute approximate surface area is 142 Å². The van der Waals surface area contributed by atoms with E-state index in [2.05, 4.69) is 15.7 Å². The Morgan fingerprint density at radius 3 is 2.64 bits per heavy atom. The second-order valence-electron chi connectivity index (χ2n) is 4.80. The van der Waals surface area contributed by atoms with Crippen LogP contribution >= 0.6 is 0 Å². The number of aliphatic hydroxyl groups is 1. The maximum Gasteiger partial charge on any atom is 0.329 e. The maximum atomic E-state index is 11.8. The third kappa shape index (κ3) is 7.18. The average Bonchev–Trinajstić information content (AvgIpc) is 2.57. The molecule has 1 rings (SSSR count). The van der Waals surface area contributed by atoms with Gasteiger partial charge in [-0.2, -0.15) is 5.10 Å². The summed E-state index contributed by atoms with van der Waals surface area (Å²) in [5.74, 6) is -2.50. The van der Waals surface area contributed by atoms with Crippen LogP contribution in [0, 0.1) is 10.1 Å². The molecule has 134 valence electrons. The van der Waals surface area contributed by atoms with Crippen LogP contribution < -0.4 is 16.1 Å². The number of benzene rings is 1. The number of anilines is 1. The van der Waals surface area contributed by atoms with Crippen molar-refractivity contribution in [1.29, 1.82) is 0 Å². The maximum absolute atomic E-state index is 11.8. The highest BCUT2D eigenvalue weighted by atomic mass is 16.6. The molecule has 0 aliphatic heterocycles. The minimum Gasteiger partial charge on any atom is -0.395 e. The molecule has 1 aromatic rings. The van der Waals surface area contributed by atoms with Gasteiger partial charge in [-0.05, 0) is 13.0 Å². The van der Waals surface area contributed by atoms with E-state index in [1.54, 1.807) is 0 Å². The zero-order valence-corrected chi connectivity index (χ0v) is 13.3. The Morgan fingerprint density at radius 2 is 2.00 bits per heavy atom. The van der Waals surface area contributed by atoms with Crippen molar-refractivity contribution in [3.63, 3.8) is 0 Å². The number of carbonyl (C=O) groups is 3. The van der Waals surface area contributed by atoms with Gasteiger partial charge in [-0.15, -0.1) is 0 Å². The van der Waals surface area contributed by atoms with Crippen LogP contribution in [0.25, 0.3) is 0 Å². The molecule has 0 saturated carbocycles. The first-order valence-electron chi connectivity index (χ1n) is 7.10. The molecule has 0 bridgehead atoms. The summed E-state index contributed by atoms with van der Waals surface area (Å²) in [6, 6.07) is 5.42. The summed E-state index contributed by atoms with van der Waals surface area (Å²) in [4.78, 5) is 44.5. The number of amides is 3. The molecule has 0 atom stereocenters. The second-order valence-corrected chi connectivity index (χ2v) is 4.80. The van der Waals surface area contributed by atoms with Gasteiger partial charge in [-0.1, -0.05) is 6.07 Å². The van der Waals surface area contributed by atoms with Gasteiger partial charge in [0.2, 0.25) is 5.91 Å². The standard InChI is InChI=1S/C14H17N5O6/c1-9(17-18-14(23)13(22)15-5-6-20)7-12(21)16-10-3-2-4-11(8-10)19(24)25/h2-4,8,20H,5-7H2,1H3,(H,15,22)(H,16,21)(H,18,23)/b17-9-. The van der Waals surface area contributed by atoms with E-state index in [4.69, 9.17) is 5.11 Å². The van der Waals surface area contributed by atoms with Crippen LogP contribution in [0.15, 0.2) is 29.4 Å². The van der Waals surface area contributed by atoms with Gasteiger partial charge in [0.25, 0.3) is 5.69 Å².